The summed E-state index contributed by atoms with van der Waals surface area (Å²) < 4.78 is 26.7. The summed E-state index contributed by atoms with van der Waals surface area (Å²) in [5, 5.41) is 20.6. The van der Waals surface area contributed by atoms with Crippen LogP contribution < -0.4 is 0 Å². The first kappa shape index (κ1) is 32.0. The van der Waals surface area contributed by atoms with E-state index in [0.29, 0.717) is 21.2 Å². The van der Waals surface area contributed by atoms with Gasteiger partial charge in [-0.1, -0.05) is 72.6 Å². The molecule has 1 amide bonds. The van der Waals surface area contributed by atoms with E-state index in [0.717, 1.165) is 24.0 Å². The minimum absolute atomic E-state index is 0.00435. The summed E-state index contributed by atoms with van der Waals surface area (Å²) in [6.07, 6.45) is 1.49. The topological polar surface area (TPSA) is 119 Å². The maximum atomic E-state index is 14.7. The summed E-state index contributed by atoms with van der Waals surface area (Å²) in [5.41, 5.74) is 1.35. The maximum absolute atomic E-state index is 14.7. The summed E-state index contributed by atoms with van der Waals surface area (Å²) in [5.74, 6) is -1.74. The number of nitriles is 1. The van der Waals surface area contributed by atoms with E-state index in [1.54, 1.807) is 54.3 Å². The molecule has 0 spiro atoms. The number of nitrogens with zero attached hydrogens (tertiary/aromatic N) is 3. The van der Waals surface area contributed by atoms with E-state index in [2.05, 4.69) is 6.07 Å². The SMILES string of the molecule is C[C@@]1(CC(=O)O)C[C@@H](c2cccc(Cl)c2)[C@@H](c2ccc(Cl)cc2)N([C@H](CN(Cc2ccccc2C#N)[SH](=O)=O)C2CC2)C1=O. The third-order valence-electron chi connectivity index (χ3n) is 8.77. The standard InChI is InChI=1S/C33H33Cl2N3O5S/c1-33(17-30(39)40)16-28(23-7-4-8-27(35)15-23)31(22-11-13-26(34)14-12-22)38(32(33)41)29(21-9-10-21)20-37(44(42)43)19-25-6-3-2-5-24(25)18-36/h2-8,11-15,21,28-29,31,44H,9-10,16-17,19-20H2,1H3,(H,39,40)/t28-,29+,31+,33-/m0/s1. The van der Waals surface area contributed by atoms with Gasteiger partial charge >= 0.3 is 5.97 Å². The molecule has 44 heavy (non-hydrogen) atoms. The number of benzene rings is 3. The van der Waals surface area contributed by atoms with Crippen LogP contribution >= 0.6 is 23.2 Å². The van der Waals surface area contributed by atoms with E-state index >= 15 is 0 Å². The molecule has 1 aliphatic carbocycles. The van der Waals surface area contributed by atoms with Gasteiger partial charge in [-0.25, -0.2) is 8.42 Å². The van der Waals surface area contributed by atoms with Crippen LogP contribution in [0.2, 0.25) is 10.0 Å². The number of carbonyl (C=O) groups is 2. The van der Waals surface area contributed by atoms with Crippen LogP contribution in [0.1, 0.15) is 66.8 Å². The molecule has 5 rings (SSSR count). The van der Waals surface area contributed by atoms with E-state index in [1.165, 1.54) is 4.31 Å². The number of likely N-dealkylation sites (tertiary alicyclic amines) is 1. The molecule has 0 unspecified atom stereocenters. The minimum Gasteiger partial charge on any atom is -0.481 e. The van der Waals surface area contributed by atoms with Crippen molar-refractivity contribution in [1.82, 2.24) is 9.21 Å². The predicted molar refractivity (Wildman–Crippen MR) is 169 cm³/mol. The van der Waals surface area contributed by atoms with E-state index in [4.69, 9.17) is 23.2 Å². The quantitative estimate of drug-likeness (QED) is 0.238. The molecule has 0 bridgehead atoms. The van der Waals surface area contributed by atoms with Crippen molar-refractivity contribution < 1.29 is 23.1 Å². The van der Waals surface area contributed by atoms with Crippen LogP contribution in [-0.2, 0) is 27.0 Å². The maximum Gasteiger partial charge on any atom is 0.304 e. The first-order valence-electron chi connectivity index (χ1n) is 14.4. The fourth-order valence-electron chi connectivity index (χ4n) is 6.56. The fourth-order valence-corrected chi connectivity index (χ4v) is 7.45. The van der Waals surface area contributed by atoms with Gasteiger partial charge < -0.3 is 10.0 Å². The number of hydrogen-bond acceptors (Lipinski definition) is 5. The molecule has 1 N–H and O–H groups in total. The summed E-state index contributed by atoms with van der Waals surface area (Å²) >= 11 is 12.7. The molecular formula is C33H33Cl2N3O5S. The van der Waals surface area contributed by atoms with Crippen molar-refractivity contribution in [3.05, 3.63) is 105 Å². The van der Waals surface area contributed by atoms with Crippen molar-refractivity contribution in [1.29, 1.82) is 5.26 Å². The number of halogens is 2. The number of hydrogen-bond donors (Lipinski definition) is 2. The Hall–Kier alpha value is -3.42. The zero-order valence-corrected chi connectivity index (χ0v) is 26.5. The van der Waals surface area contributed by atoms with E-state index < -0.39 is 34.4 Å². The number of amides is 1. The summed E-state index contributed by atoms with van der Waals surface area (Å²) in [6.45, 7) is 1.67. The first-order chi connectivity index (χ1) is 21.0. The van der Waals surface area contributed by atoms with E-state index in [-0.39, 0.29) is 43.7 Å². The largest absolute Gasteiger partial charge is 0.481 e. The minimum atomic E-state index is -3.08. The molecule has 1 aliphatic heterocycles. The average Bonchev–Trinajstić information content (AvgIpc) is 3.82. The average molecular weight is 655 g/mol. The van der Waals surface area contributed by atoms with Crippen LogP contribution in [0.4, 0.5) is 0 Å². The number of aliphatic carboxylic acids is 1. The highest BCUT2D eigenvalue weighted by Crippen LogP contribution is 2.54. The third kappa shape index (κ3) is 6.94. The van der Waals surface area contributed by atoms with Crippen molar-refractivity contribution >= 4 is 46.0 Å². The normalized spacial score (nSPS) is 22.6. The Morgan fingerprint density at radius 2 is 1.77 bits per heavy atom. The Morgan fingerprint density at radius 1 is 1.07 bits per heavy atom. The Labute approximate surface area is 268 Å². The van der Waals surface area contributed by atoms with Gasteiger partial charge in [-0.3, -0.25) is 9.59 Å². The lowest BCUT2D eigenvalue weighted by atomic mass is 9.67. The van der Waals surface area contributed by atoms with Crippen LogP contribution in [0, 0.1) is 22.7 Å². The second kappa shape index (κ2) is 13.3. The highest BCUT2D eigenvalue weighted by molar-refractivity contribution is 7.69. The van der Waals surface area contributed by atoms with Gasteiger partial charge in [0.05, 0.1) is 29.5 Å². The second-order valence-electron chi connectivity index (χ2n) is 12.0. The van der Waals surface area contributed by atoms with Crippen LogP contribution in [0.25, 0.3) is 0 Å². The van der Waals surface area contributed by atoms with Crippen molar-refractivity contribution in [3.63, 3.8) is 0 Å². The summed E-state index contributed by atoms with van der Waals surface area (Å²) in [4.78, 5) is 28.6. The number of rotatable bonds is 11. The molecule has 1 saturated heterocycles. The van der Waals surface area contributed by atoms with Crippen LogP contribution in [-0.4, -0.2) is 47.2 Å². The van der Waals surface area contributed by atoms with Gasteiger partial charge in [0.15, 0.2) is 0 Å². The molecular weight excluding hydrogens is 621 g/mol. The number of carboxylic acids is 1. The highest BCUT2D eigenvalue weighted by Gasteiger charge is 2.54. The molecule has 3 aromatic carbocycles. The second-order valence-corrected chi connectivity index (χ2v) is 13.9. The van der Waals surface area contributed by atoms with Gasteiger partial charge in [-0.15, -0.1) is 0 Å². The Bertz CT molecular complexity index is 1660. The molecule has 2 fully saturated rings. The third-order valence-corrected chi connectivity index (χ3v) is 10.0. The number of piperidine rings is 1. The van der Waals surface area contributed by atoms with Gasteiger partial charge in [0.25, 0.3) is 0 Å². The van der Waals surface area contributed by atoms with Crippen LogP contribution in [0.5, 0.6) is 0 Å². The first-order valence-corrected chi connectivity index (χ1v) is 16.3. The molecule has 3 aromatic rings. The lowest BCUT2D eigenvalue weighted by Crippen LogP contribution is -2.58. The lowest BCUT2D eigenvalue weighted by molar-refractivity contribution is -0.161. The van der Waals surface area contributed by atoms with Crippen molar-refractivity contribution in [2.24, 2.45) is 11.3 Å². The van der Waals surface area contributed by atoms with E-state index in [9.17, 15) is 28.4 Å². The van der Waals surface area contributed by atoms with Gasteiger partial charge in [0.1, 0.15) is 0 Å². The molecule has 8 nitrogen and oxygen atoms in total. The van der Waals surface area contributed by atoms with E-state index in [1.807, 2.05) is 30.3 Å². The number of carboxylic acid groups (broad SMARTS) is 1. The molecule has 4 atom stereocenters. The van der Waals surface area contributed by atoms with Crippen molar-refractivity contribution in [2.45, 2.75) is 57.2 Å². The highest BCUT2D eigenvalue weighted by atomic mass is 35.5. The number of thiol groups is 1. The Balaban J connectivity index is 1.65. The zero-order valence-electron chi connectivity index (χ0n) is 24.1. The van der Waals surface area contributed by atoms with Gasteiger partial charge in [-0.05, 0) is 72.2 Å². The molecule has 0 radical (unpaired) electrons. The molecule has 11 heteroatoms. The molecule has 1 heterocycles. The summed E-state index contributed by atoms with van der Waals surface area (Å²) in [6, 6.07) is 22.5. The van der Waals surface area contributed by atoms with Gasteiger partial charge in [0.2, 0.25) is 16.8 Å². The smallest absolute Gasteiger partial charge is 0.304 e. The van der Waals surface area contributed by atoms with Crippen LogP contribution in [0.15, 0.2) is 72.8 Å². The predicted octanol–water partition coefficient (Wildman–Crippen LogP) is 6.21. The molecule has 230 valence electrons. The van der Waals surface area contributed by atoms with Gasteiger partial charge in [0, 0.05) is 35.1 Å². The number of carbonyl (C=O) groups excluding carboxylic acids is 1. The zero-order chi connectivity index (χ0) is 31.6. The van der Waals surface area contributed by atoms with Gasteiger partial charge in [-0.2, -0.15) is 9.57 Å². The van der Waals surface area contributed by atoms with Crippen LogP contribution in [0.3, 0.4) is 0 Å². The Morgan fingerprint density at radius 3 is 2.39 bits per heavy atom. The molecule has 2 aliphatic rings. The Kier molecular flexibility index (Phi) is 9.66. The summed E-state index contributed by atoms with van der Waals surface area (Å²) in [7, 11) is -3.08. The molecule has 1 saturated carbocycles. The fraction of sp³-hybridized carbons (Fsp3) is 0.364. The van der Waals surface area contributed by atoms with Crippen molar-refractivity contribution in [2.75, 3.05) is 6.54 Å². The molecule has 0 aromatic heterocycles. The lowest BCUT2D eigenvalue weighted by Gasteiger charge is -2.52. The van der Waals surface area contributed by atoms with Crippen molar-refractivity contribution in [3.8, 4) is 6.07 Å². The monoisotopic (exact) mass is 653 g/mol.